The third-order valence-corrected chi connectivity index (χ3v) is 5.94. The summed E-state index contributed by atoms with van der Waals surface area (Å²) in [6.07, 6.45) is 6.43. The van der Waals surface area contributed by atoms with Gasteiger partial charge in [0.2, 0.25) is 0 Å². The molecule has 4 nitrogen and oxygen atoms in total. The van der Waals surface area contributed by atoms with E-state index in [0.29, 0.717) is 0 Å². The quantitative estimate of drug-likeness (QED) is 0.508. The lowest BCUT2D eigenvalue weighted by Gasteiger charge is -2.35. The molecule has 6 rings (SSSR count). The van der Waals surface area contributed by atoms with Crippen LogP contribution in [0, 0.1) is 0 Å². The summed E-state index contributed by atoms with van der Waals surface area (Å²) < 4.78 is 0. The van der Waals surface area contributed by atoms with E-state index in [1.807, 2.05) is 12.4 Å². The number of hydrogen-bond acceptors (Lipinski definition) is 4. The smallest absolute Gasteiger partial charge is 0.0992 e. The third kappa shape index (κ3) is 1.84. The Kier molecular flexibility index (Phi) is 2.92. The fourth-order valence-corrected chi connectivity index (χ4v) is 4.35. The molecule has 2 aromatic carbocycles. The zero-order valence-electron chi connectivity index (χ0n) is 14.7. The van der Waals surface area contributed by atoms with Crippen LogP contribution in [0.15, 0.2) is 48.8 Å². The average Bonchev–Trinajstić information content (AvgIpc) is 2.59. The molecule has 2 saturated heterocycles. The van der Waals surface area contributed by atoms with Crippen LogP contribution in [0.25, 0.3) is 32.6 Å². The van der Waals surface area contributed by atoms with Crippen LogP contribution in [-0.2, 0) is 0 Å². The molecule has 4 heterocycles. The van der Waals surface area contributed by atoms with Crippen LogP contribution in [0.4, 0.5) is 11.4 Å². The maximum Gasteiger partial charge on any atom is 0.0992 e. The SMILES string of the molecule is c1ccc2c(c1)c1c(N3CCC3)ccnc1c1nccc(N3CCC3)c21. The van der Waals surface area contributed by atoms with Crippen molar-refractivity contribution in [3.63, 3.8) is 0 Å². The van der Waals surface area contributed by atoms with Gasteiger partial charge in [0.1, 0.15) is 0 Å². The molecule has 0 radical (unpaired) electrons. The molecule has 26 heavy (non-hydrogen) atoms. The summed E-state index contributed by atoms with van der Waals surface area (Å²) in [5.41, 5.74) is 4.67. The molecule has 128 valence electrons. The monoisotopic (exact) mass is 340 g/mol. The lowest BCUT2D eigenvalue weighted by Crippen LogP contribution is -2.37. The van der Waals surface area contributed by atoms with Gasteiger partial charge in [0.15, 0.2) is 0 Å². The molecular formula is C22H20N4. The molecule has 0 amide bonds. The molecular weight excluding hydrogens is 320 g/mol. The van der Waals surface area contributed by atoms with Crippen LogP contribution in [0.1, 0.15) is 12.8 Å². The maximum absolute atomic E-state index is 4.80. The van der Waals surface area contributed by atoms with E-state index in [0.717, 1.165) is 37.2 Å². The molecule has 0 atom stereocenters. The Morgan fingerprint density at radius 2 is 1.08 bits per heavy atom. The zero-order chi connectivity index (χ0) is 17.1. The summed E-state index contributed by atoms with van der Waals surface area (Å²) in [5, 5.41) is 5.09. The Labute approximate surface area is 152 Å². The van der Waals surface area contributed by atoms with Gasteiger partial charge in [-0.1, -0.05) is 24.3 Å². The Bertz CT molecular complexity index is 1030. The second-order valence-corrected chi connectivity index (χ2v) is 7.33. The molecule has 4 aromatic rings. The van der Waals surface area contributed by atoms with Crippen molar-refractivity contribution in [2.45, 2.75) is 12.8 Å². The minimum absolute atomic E-state index is 1.03. The van der Waals surface area contributed by atoms with Crippen LogP contribution in [0.3, 0.4) is 0 Å². The van der Waals surface area contributed by atoms with Gasteiger partial charge in [-0.15, -0.1) is 0 Å². The molecule has 2 fully saturated rings. The standard InChI is InChI=1S/C22H20N4/c1-2-6-16-15(5-1)19-17(25-11-3-12-25)7-9-23-21(19)22-20(16)18(8-10-24-22)26-13-4-14-26/h1-2,5-10H,3-4,11-14H2. The molecule has 0 aliphatic carbocycles. The van der Waals surface area contributed by atoms with Crippen LogP contribution in [-0.4, -0.2) is 36.1 Å². The van der Waals surface area contributed by atoms with Gasteiger partial charge in [0.05, 0.1) is 11.0 Å². The highest BCUT2D eigenvalue weighted by Crippen LogP contribution is 2.42. The topological polar surface area (TPSA) is 32.3 Å². The summed E-state index contributed by atoms with van der Waals surface area (Å²) in [7, 11) is 0. The van der Waals surface area contributed by atoms with Crippen molar-refractivity contribution in [3.8, 4) is 0 Å². The van der Waals surface area contributed by atoms with Crippen LogP contribution >= 0.6 is 0 Å². The second-order valence-electron chi connectivity index (χ2n) is 7.33. The number of nitrogens with zero attached hydrogens (tertiary/aromatic N) is 4. The summed E-state index contributed by atoms with van der Waals surface area (Å²) in [6.45, 7) is 4.53. The van der Waals surface area contributed by atoms with E-state index in [9.17, 15) is 0 Å². The van der Waals surface area contributed by atoms with E-state index < -0.39 is 0 Å². The van der Waals surface area contributed by atoms with Crippen molar-refractivity contribution in [3.05, 3.63) is 48.8 Å². The van der Waals surface area contributed by atoms with E-state index >= 15 is 0 Å². The zero-order valence-corrected chi connectivity index (χ0v) is 14.7. The third-order valence-electron chi connectivity index (χ3n) is 5.94. The minimum Gasteiger partial charge on any atom is -0.371 e. The van der Waals surface area contributed by atoms with Gasteiger partial charge in [-0.2, -0.15) is 0 Å². The highest BCUT2D eigenvalue weighted by molar-refractivity contribution is 6.28. The first-order valence-electron chi connectivity index (χ1n) is 9.50. The van der Waals surface area contributed by atoms with Crippen molar-refractivity contribution < 1.29 is 0 Å². The Balaban J connectivity index is 1.82. The normalized spacial score (nSPS) is 16.9. The second kappa shape index (κ2) is 5.31. The lowest BCUT2D eigenvalue weighted by molar-refractivity contribution is 0.619. The van der Waals surface area contributed by atoms with Gasteiger partial charge in [0.25, 0.3) is 0 Å². The van der Waals surface area contributed by atoms with Crippen LogP contribution < -0.4 is 9.80 Å². The highest BCUT2D eigenvalue weighted by atomic mass is 15.2. The van der Waals surface area contributed by atoms with E-state index in [-0.39, 0.29) is 0 Å². The fourth-order valence-electron chi connectivity index (χ4n) is 4.35. The number of benzene rings is 2. The van der Waals surface area contributed by atoms with Gasteiger partial charge in [-0.25, -0.2) is 0 Å². The first-order chi connectivity index (χ1) is 12.9. The molecule has 2 aromatic heterocycles. The molecule has 2 aliphatic heterocycles. The van der Waals surface area contributed by atoms with Gasteiger partial charge in [0, 0.05) is 60.7 Å². The van der Waals surface area contributed by atoms with Crippen molar-refractivity contribution in [1.82, 2.24) is 9.97 Å². The summed E-state index contributed by atoms with van der Waals surface area (Å²) in [5.74, 6) is 0. The predicted octanol–water partition coefficient (Wildman–Crippen LogP) is 4.36. The largest absolute Gasteiger partial charge is 0.371 e. The summed E-state index contributed by atoms with van der Waals surface area (Å²) in [6, 6.07) is 13.1. The maximum atomic E-state index is 4.80. The Hall–Kier alpha value is -2.88. The first-order valence-corrected chi connectivity index (χ1v) is 9.50. The van der Waals surface area contributed by atoms with Gasteiger partial charge < -0.3 is 9.80 Å². The molecule has 0 bridgehead atoms. The van der Waals surface area contributed by atoms with Gasteiger partial charge in [-0.3, -0.25) is 9.97 Å². The predicted molar refractivity (Wildman–Crippen MR) is 108 cm³/mol. The van der Waals surface area contributed by atoms with Crippen LogP contribution in [0.2, 0.25) is 0 Å². The number of rotatable bonds is 2. The van der Waals surface area contributed by atoms with Gasteiger partial charge >= 0.3 is 0 Å². The van der Waals surface area contributed by atoms with E-state index in [1.165, 1.54) is 45.8 Å². The highest BCUT2D eigenvalue weighted by Gasteiger charge is 2.23. The summed E-state index contributed by atoms with van der Waals surface area (Å²) in [4.78, 5) is 14.5. The van der Waals surface area contributed by atoms with Crippen molar-refractivity contribution in [2.75, 3.05) is 36.0 Å². The van der Waals surface area contributed by atoms with E-state index in [1.54, 1.807) is 0 Å². The van der Waals surface area contributed by atoms with Crippen molar-refractivity contribution in [2.24, 2.45) is 0 Å². The summed E-state index contributed by atoms with van der Waals surface area (Å²) >= 11 is 0. The minimum atomic E-state index is 1.03. The first kappa shape index (κ1) is 14.3. The molecule has 0 unspecified atom stereocenters. The number of hydrogen-bond donors (Lipinski definition) is 0. The van der Waals surface area contributed by atoms with Crippen LogP contribution in [0.5, 0.6) is 0 Å². The van der Waals surface area contributed by atoms with E-state index in [2.05, 4.69) is 46.2 Å². The molecule has 0 N–H and O–H groups in total. The molecule has 0 spiro atoms. The number of pyridine rings is 2. The average molecular weight is 340 g/mol. The molecule has 0 saturated carbocycles. The van der Waals surface area contributed by atoms with E-state index in [4.69, 9.17) is 9.97 Å². The number of anilines is 2. The Morgan fingerprint density at radius 3 is 1.46 bits per heavy atom. The number of fused-ring (bicyclic) bond motifs is 6. The molecule has 2 aliphatic rings. The van der Waals surface area contributed by atoms with Gasteiger partial charge in [-0.05, 0) is 35.7 Å². The fraction of sp³-hybridized carbons (Fsp3) is 0.273. The van der Waals surface area contributed by atoms with Crippen molar-refractivity contribution >= 4 is 44.0 Å². The number of aromatic nitrogens is 2. The lowest BCUT2D eigenvalue weighted by atomic mass is 9.96. The molecule has 4 heteroatoms. The Morgan fingerprint density at radius 1 is 0.615 bits per heavy atom. The van der Waals surface area contributed by atoms with Crippen molar-refractivity contribution in [1.29, 1.82) is 0 Å².